The van der Waals surface area contributed by atoms with E-state index in [0.717, 1.165) is 0 Å². The second kappa shape index (κ2) is 4.02. The Kier molecular flexibility index (Phi) is 2.70. The highest BCUT2D eigenvalue weighted by atomic mass is 16.3. The van der Waals surface area contributed by atoms with Crippen LogP contribution in [0.15, 0.2) is 18.2 Å². The van der Waals surface area contributed by atoms with Crippen molar-refractivity contribution in [1.82, 2.24) is 4.90 Å². The second-order valence-corrected chi connectivity index (χ2v) is 3.97. The molecule has 1 atom stereocenters. The lowest BCUT2D eigenvalue weighted by molar-refractivity contribution is 0.0764. The number of phenolic OH excluding ortho intramolecular Hbond substituents is 1. The van der Waals surface area contributed by atoms with Crippen molar-refractivity contribution >= 4 is 11.6 Å². The molecule has 1 aliphatic rings. The van der Waals surface area contributed by atoms with E-state index >= 15 is 0 Å². The number of phenols is 1. The first-order chi connectivity index (χ1) is 7.58. The maximum absolute atomic E-state index is 11.9. The zero-order chi connectivity index (χ0) is 11.7. The molecule has 0 saturated carbocycles. The Morgan fingerprint density at radius 3 is 2.81 bits per heavy atom. The van der Waals surface area contributed by atoms with Crippen LogP contribution in [0, 0.1) is 0 Å². The Morgan fingerprint density at radius 1 is 1.50 bits per heavy atom. The number of nitrogens with two attached hydrogens (primary N) is 1. The molecular weight excluding hydrogens is 208 g/mol. The topological polar surface area (TPSA) is 86.8 Å². The molecule has 2 rings (SSSR count). The van der Waals surface area contributed by atoms with E-state index in [2.05, 4.69) is 0 Å². The third kappa shape index (κ3) is 1.94. The van der Waals surface area contributed by atoms with Crippen LogP contribution in [0.5, 0.6) is 5.75 Å². The molecule has 1 heterocycles. The molecule has 0 unspecified atom stereocenters. The standard InChI is InChI=1S/C11H14N2O3/c12-9-2-1-7(5-10(9)15)11(16)13-4-3-8(14)6-13/h1-2,5,8,14-15H,3-4,6,12H2/t8-/m0/s1. The number of hydrogen-bond acceptors (Lipinski definition) is 4. The smallest absolute Gasteiger partial charge is 0.254 e. The number of amides is 1. The van der Waals surface area contributed by atoms with Gasteiger partial charge in [0.2, 0.25) is 0 Å². The highest BCUT2D eigenvalue weighted by Gasteiger charge is 2.25. The highest BCUT2D eigenvalue weighted by molar-refractivity contribution is 5.95. The number of carbonyl (C=O) groups excluding carboxylic acids is 1. The fourth-order valence-electron chi connectivity index (χ4n) is 1.79. The van der Waals surface area contributed by atoms with Gasteiger partial charge in [-0.15, -0.1) is 0 Å². The van der Waals surface area contributed by atoms with Crippen molar-refractivity contribution in [2.75, 3.05) is 18.8 Å². The van der Waals surface area contributed by atoms with Gasteiger partial charge in [0, 0.05) is 18.7 Å². The molecule has 1 saturated heterocycles. The maximum Gasteiger partial charge on any atom is 0.254 e. The largest absolute Gasteiger partial charge is 0.506 e. The summed E-state index contributed by atoms with van der Waals surface area (Å²) in [6, 6.07) is 4.42. The van der Waals surface area contributed by atoms with E-state index in [-0.39, 0.29) is 17.3 Å². The minimum atomic E-state index is -0.439. The van der Waals surface area contributed by atoms with E-state index < -0.39 is 6.10 Å². The van der Waals surface area contributed by atoms with Crippen LogP contribution in [0.4, 0.5) is 5.69 Å². The monoisotopic (exact) mass is 222 g/mol. The van der Waals surface area contributed by atoms with Crippen molar-refractivity contribution in [3.05, 3.63) is 23.8 Å². The number of carbonyl (C=O) groups is 1. The summed E-state index contributed by atoms with van der Waals surface area (Å²) in [4.78, 5) is 13.5. The molecule has 1 aromatic rings. The van der Waals surface area contributed by atoms with Crippen LogP contribution >= 0.6 is 0 Å². The molecule has 1 amide bonds. The zero-order valence-corrected chi connectivity index (χ0v) is 8.76. The van der Waals surface area contributed by atoms with E-state index in [0.29, 0.717) is 25.1 Å². The van der Waals surface area contributed by atoms with Crippen LogP contribution in [0.25, 0.3) is 0 Å². The van der Waals surface area contributed by atoms with Crippen LogP contribution < -0.4 is 5.73 Å². The summed E-state index contributed by atoms with van der Waals surface area (Å²) >= 11 is 0. The molecule has 1 fully saturated rings. The fraction of sp³-hybridized carbons (Fsp3) is 0.364. The van der Waals surface area contributed by atoms with E-state index in [4.69, 9.17) is 5.73 Å². The van der Waals surface area contributed by atoms with Crippen molar-refractivity contribution in [1.29, 1.82) is 0 Å². The lowest BCUT2D eigenvalue weighted by atomic mass is 10.1. The summed E-state index contributed by atoms with van der Waals surface area (Å²) in [5, 5.41) is 18.7. The normalized spacial score (nSPS) is 20.1. The molecule has 0 bridgehead atoms. The molecule has 0 spiro atoms. The van der Waals surface area contributed by atoms with Crippen molar-refractivity contribution in [3.8, 4) is 5.75 Å². The average molecular weight is 222 g/mol. The first-order valence-corrected chi connectivity index (χ1v) is 5.14. The lowest BCUT2D eigenvalue weighted by Crippen LogP contribution is -2.29. The summed E-state index contributed by atoms with van der Waals surface area (Å²) in [6.07, 6.45) is 0.165. The Labute approximate surface area is 93.1 Å². The van der Waals surface area contributed by atoms with Gasteiger partial charge in [-0.1, -0.05) is 0 Å². The number of aliphatic hydroxyl groups is 1. The maximum atomic E-state index is 11.9. The molecule has 16 heavy (non-hydrogen) atoms. The van der Waals surface area contributed by atoms with E-state index in [1.807, 2.05) is 0 Å². The third-order valence-electron chi connectivity index (χ3n) is 2.73. The molecule has 5 nitrogen and oxygen atoms in total. The number of β-amino-alcohol motifs (C(OH)–C–C–N with tert-alkyl or cyclic N) is 1. The van der Waals surface area contributed by atoms with Gasteiger partial charge in [0.05, 0.1) is 11.8 Å². The van der Waals surface area contributed by atoms with Gasteiger partial charge in [-0.05, 0) is 24.6 Å². The number of nitrogen functional groups attached to an aromatic ring is 1. The third-order valence-corrected chi connectivity index (χ3v) is 2.73. The predicted molar refractivity (Wildman–Crippen MR) is 59.0 cm³/mol. The van der Waals surface area contributed by atoms with Gasteiger partial charge < -0.3 is 20.8 Å². The molecule has 0 aromatic heterocycles. The highest BCUT2D eigenvalue weighted by Crippen LogP contribution is 2.22. The Hall–Kier alpha value is -1.75. The zero-order valence-electron chi connectivity index (χ0n) is 8.76. The van der Waals surface area contributed by atoms with Crippen LogP contribution in [0.1, 0.15) is 16.8 Å². The van der Waals surface area contributed by atoms with Crippen LogP contribution in [0.3, 0.4) is 0 Å². The van der Waals surface area contributed by atoms with Gasteiger partial charge in [-0.2, -0.15) is 0 Å². The van der Waals surface area contributed by atoms with Crippen LogP contribution in [-0.4, -0.2) is 40.2 Å². The molecular formula is C11H14N2O3. The molecule has 0 aliphatic carbocycles. The first kappa shape index (κ1) is 10.8. The first-order valence-electron chi connectivity index (χ1n) is 5.14. The SMILES string of the molecule is Nc1ccc(C(=O)N2CC[C@H](O)C2)cc1O. The summed E-state index contributed by atoms with van der Waals surface area (Å²) < 4.78 is 0. The number of anilines is 1. The number of aromatic hydroxyl groups is 1. The summed E-state index contributed by atoms with van der Waals surface area (Å²) in [6.45, 7) is 0.898. The van der Waals surface area contributed by atoms with E-state index in [9.17, 15) is 15.0 Å². The molecule has 1 aliphatic heterocycles. The minimum absolute atomic E-state index is 0.0920. The van der Waals surface area contributed by atoms with E-state index in [1.54, 1.807) is 11.0 Å². The number of aliphatic hydroxyl groups excluding tert-OH is 1. The van der Waals surface area contributed by atoms with Gasteiger partial charge in [0.1, 0.15) is 5.75 Å². The van der Waals surface area contributed by atoms with Gasteiger partial charge in [0.15, 0.2) is 0 Å². The number of hydrogen-bond donors (Lipinski definition) is 3. The lowest BCUT2D eigenvalue weighted by Gasteiger charge is -2.15. The van der Waals surface area contributed by atoms with Crippen LogP contribution in [-0.2, 0) is 0 Å². The van der Waals surface area contributed by atoms with Crippen LogP contribution in [0.2, 0.25) is 0 Å². The summed E-state index contributed by atoms with van der Waals surface area (Å²) in [5.41, 5.74) is 6.09. The Balaban J connectivity index is 2.18. The van der Waals surface area contributed by atoms with Gasteiger partial charge in [0.25, 0.3) is 5.91 Å². The van der Waals surface area contributed by atoms with E-state index in [1.165, 1.54) is 12.1 Å². The molecule has 1 aromatic carbocycles. The number of nitrogens with zero attached hydrogens (tertiary/aromatic N) is 1. The summed E-state index contributed by atoms with van der Waals surface area (Å²) in [5.74, 6) is -0.280. The number of rotatable bonds is 1. The average Bonchev–Trinajstić information content (AvgIpc) is 2.68. The molecule has 5 heteroatoms. The van der Waals surface area contributed by atoms with Crippen molar-refractivity contribution in [2.45, 2.75) is 12.5 Å². The Bertz CT molecular complexity index is 420. The summed E-state index contributed by atoms with van der Waals surface area (Å²) in [7, 11) is 0. The predicted octanol–water partition coefficient (Wildman–Crippen LogP) is 0.181. The fourth-order valence-corrected chi connectivity index (χ4v) is 1.79. The van der Waals surface area contributed by atoms with Gasteiger partial charge >= 0.3 is 0 Å². The number of benzene rings is 1. The van der Waals surface area contributed by atoms with Gasteiger partial charge in [-0.3, -0.25) is 4.79 Å². The molecule has 4 N–H and O–H groups in total. The number of likely N-dealkylation sites (tertiary alicyclic amines) is 1. The van der Waals surface area contributed by atoms with Crippen molar-refractivity contribution < 1.29 is 15.0 Å². The minimum Gasteiger partial charge on any atom is -0.506 e. The Morgan fingerprint density at radius 2 is 2.25 bits per heavy atom. The van der Waals surface area contributed by atoms with Gasteiger partial charge in [-0.25, -0.2) is 0 Å². The second-order valence-electron chi connectivity index (χ2n) is 3.97. The molecule has 86 valence electrons. The quantitative estimate of drug-likeness (QED) is 0.467. The molecule has 0 radical (unpaired) electrons. The van der Waals surface area contributed by atoms with Crippen molar-refractivity contribution in [2.24, 2.45) is 0 Å². The van der Waals surface area contributed by atoms with Crippen molar-refractivity contribution in [3.63, 3.8) is 0 Å².